The molecule has 1 aromatic heterocycles. The second-order valence-electron chi connectivity index (χ2n) is 7.49. The Kier molecular flexibility index (Phi) is 6.05. The number of esters is 1. The summed E-state index contributed by atoms with van der Waals surface area (Å²) in [5, 5.41) is 11.7. The van der Waals surface area contributed by atoms with E-state index in [2.05, 4.69) is 4.98 Å². The number of ether oxygens (including phenoxy) is 1. The number of carbonyl (C=O) groups excluding carboxylic acids is 3. The molecule has 1 atom stereocenters. The summed E-state index contributed by atoms with van der Waals surface area (Å²) in [7, 11) is 1.25. The number of halogens is 1. The smallest absolute Gasteiger partial charge is 0.350 e. The van der Waals surface area contributed by atoms with Crippen LogP contribution in [-0.2, 0) is 14.3 Å². The third-order valence-corrected chi connectivity index (χ3v) is 6.71. The number of hydrogen-bond acceptors (Lipinski definition) is 7. The van der Waals surface area contributed by atoms with Gasteiger partial charge in [-0.2, -0.15) is 0 Å². The van der Waals surface area contributed by atoms with Crippen LogP contribution in [0.4, 0.5) is 5.13 Å². The van der Waals surface area contributed by atoms with Crippen LogP contribution >= 0.6 is 22.9 Å². The van der Waals surface area contributed by atoms with Gasteiger partial charge in [0.05, 0.1) is 24.4 Å². The lowest BCUT2D eigenvalue weighted by Crippen LogP contribution is -2.29. The van der Waals surface area contributed by atoms with Crippen LogP contribution in [0.25, 0.3) is 5.76 Å². The summed E-state index contributed by atoms with van der Waals surface area (Å²) in [6, 6.07) is 12.6. The number of nitrogens with zero attached hydrogens (tertiary/aromatic N) is 2. The lowest BCUT2D eigenvalue weighted by Gasteiger charge is -2.23. The summed E-state index contributed by atoms with van der Waals surface area (Å²) < 4.78 is 4.79. The minimum absolute atomic E-state index is 0.0707. The van der Waals surface area contributed by atoms with Gasteiger partial charge in [-0.05, 0) is 31.5 Å². The molecule has 0 bridgehead atoms. The first kappa shape index (κ1) is 22.7. The number of aliphatic hydroxyl groups is 1. The number of hydrogen-bond donors (Lipinski definition) is 1. The van der Waals surface area contributed by atoms with Gasteiger partial charge in [0, 0.05) is 10.6 Å². The Morgan fingerprint density at radius 2 is 1.73 bits per heavy atom. The summed E-state index contributed by atoms with van der Waals surface area (Å²) in [5.41, 5.74) is 2.24. The van der Waals surface area contributed by atoms with E-state index in [1.54, 1.807) is 55.5 Å². The highest BCUT2D eigenvalue weighted by Crippen LogP contribution is 2.44. The van der Waals surface area contributed by atoms with Gasteiger partial charge in [-0.1, -0.05) is 64.9 Å². The highest BCUT2D eigenvalue weighted by Gasteiger charge is 2.48. The molecule has 9 heteroatoms. The fourth-order valence-electron chi connectivity index (χ4n) is 3.62. The minimum Gasteiger partial charge on any atom is -0.507 e. The first-order valence-corrected chi connectivity index (χ1v) is 11.1. The van der Waals surface area contributed by atoms with E-state index in [0.29, 0.717) is 21.8 Å². The molecule has 4 rings (SSSR count). The summed E-state index contributed by atoms with van der Waals surface area (Å²) in [5.74, 6) is -2.58. The Morgan fingerprint density at radius 3 is 2.33 bits per heavy atom. The molecule has 0 saturated carbocycles. The Morgan fingerprint density at radius 1 is 1.09 bits per heavy atom. The van der Waals surface area contributed by atoms with Crippen molar-refractivity contribution in [2.24, 2.45) is 0 Å². The predicted octanol–water partition coefficient (Wildman–Crippen LogP) is 4.83. The van der Waals surface area contributed by atoms with Gasteiger partial charge in [-0.15, -0.1) is 0 Å². The van der Waals surface area contributed by atoms with E-state index in [4.69, 9.17) is 16.3 Å². The normalized spacial score (nSPS) is 17.5. The zero-order valence-electron chi connectivity index (χ0n) is 18.0. The Labute approximate surface area is 198 Å². The van der Waals surface area contributed by atoms with Crippen LogP contribution in [-0.4, -0.2) is 34.9 Å². The first-order valence-electron chi connectivity index (χ1n) is 9.92. The van der Waals surface area contributed by atoms with Crippen molar-refractivity contribution in [3.05, 3.63) is 86.4 Å². The van der Waals surface area contributed by atoms with Crippen molar-refractivity contribution in [1.82, 2.24) is 4.98 Å². The maximum atomic E-state index is 13.2. The van der Waals surface area contributed by atoms with Crippen molar-refractivity contribution in [2.45, 2.75) is 19.9 Å². The molecule has 0 radical (unpaired) electrons. The standard InChI is InChI=1S/C24H19ClN2O5S/c1-12-4-6-15(7-5-12)19(28)17-18(14-8-10-16(25)11-9-14)27(22(30)20(17)29)24-26-13(2)21(33-24)23(31)32-3/h4-11,18,28H,1-3H3/t18-/m1/s1. The van der Waals surface area contributed by atoms with E-state index in [9.17, 15) is 19.5 Å². The largest absolute Gasteiger partial charge is 0.507 e. The summed E-state index contributed by atoms with van der Waals surface area (Å²) in [6.45, 7) is 3.52. The number of rotatable bonds is 4. The van der Waals surface area contributed by atoms with E-state index in [1.807, 2.05) is 6.92 Å². The Bertz CT molecular complexity index is 1300. The maximum absolute atomic E-state index is 13.2. The van der Waals surface area contributed by atoms with Crippen molar-refractivity contribution in [3.8, 4) is 0 Å². The van der Waals surface area contributed by atoms with E-state index in [0.717, 1.165) is 16.9 Å². The zero-order valence-corrected chi connectivity index (χ0v) is 19.5. The van der Waals surface area contributed by atoms with Crippen molar-refractivity contribution >= 4 is 51.5 Å². The van der Waals surface area contributed by atoms with E-state index in [1.165, 1.54) is 12.0 Å². The highest BCUT2D eigenvalue weighted by molar-refractivity contribution is 7.17. The lowest BCUT2D eigenvalue weighted by molar-refractivity contribution is -0.132. The molecule has 3 aromatic rings. The molecule has 2 aromatic carbocycles. The first-order chi connectivity index (χ1) is 15.7. The Hall–Kier alpha value is -3.49. The number of aliphatic hydroxyl groups excluding tert-OH is 1. The van der Waals surface area contributed by atoms with Gasteiger partial charge in [0.1, 0.15) is 10.6 Å². The van der Waals surface area contributed by atoms with Gasteiger partial charge in [-0.25, -0.2) is 9.78 Å². The molecule has 1 saturated heterocycles. The molecule has 0 spiro atoms. The highest BCUT2D eigenvalue weighted by atomic mass is 35.5. The SMILES string of the molecule is COC(=O)c1sc(N2C(=O)C(=O)C(=C(O)c3ccc(C)cc3)[C@H]2c2ccc(Cl)cc2)nc1C. The number of carbonyl (C=O) groups is 3. The van der Waals surface area contributed by atoms with Crippen LogP contribution in [0.1, 0.15) is 38.1 Å². The molecule has 7 nitrogen and oxygen atoms in total. The van der Waals surface area contributed by atoms with Crippen molar-refractivity contribution in [3.63, 3.8) is 0 Å². The molecule has 33 heavy (non-hydrogen) atoms. The zero-order chi connectivity index (χ0) is 23.9. The average molecular weight is 483 g/mol. The fraction of sp³-hybridized carbons (Fsp3) is 0.167. The third-order valence-electron chi connectivity index (χ3n) is 5.32. The number of aryl methyl sites for hydroxylation is 2. The summed E-state index contributed by atoms with van der Waals surface area (Å²) in [4.78, 5) is 44.2. The maximum Gasteiger partial charge on any atom is 0.350 e. The molecule has 1 aliphatic rings. The van der Waals surface area contributed by atoms with Crippen molar-refractivity contribution in [2.75, 3.05) is 12.0 Å². The molecular formula is C24H19ClN2O5S. The number of thiazole rings is 1. The van der Waals surface area contributed by atoms with Crippen molar-refractivity contribution in [1.29, 1.82) is 0 Å². The monoisotopic (exact) mass is 482 g/mol. The molecule has 0 aliphatic carbocycles. The molecule has 1 fully saturated rings. The number of amides is 1. The number of ketones is 1. The van der Waals surface area contributed by atoms with E-state index in [-0.39, 0.29) is 21.3 Å². The number of methoxy groups -OCH3 is 1. The predicted molar refractivity (Wildman–Crippen MR) is 126 cm³/mol. The van der Waals surface area contributed by atoms with Gasteiger partial charge in [0.25, 0.3) is 5.78 Å². The average Bonchev–Trinajstić information content (AvgIpc) is 3.31. The number of benzene rings is 2. The number of anilines is 1. The molecule has 1 amide bonds. The molecule has 1 aliphatic heterocycles. The molecular weight excluding hydrogens is 464 g/mol. The molecule has 168 valence electrons. The summed E-state index contributed by atoms with van der Waals surface area (Å²) in [6.07, 6.45) is 0. The Balaban J connectivity index is 1.93. The van der Waals surface area contributed by atoms with Gasteiger partial charge < -0.3 is 9.84 Å². The second kappa shape index (κ2) is 8.80. The van der Waals surface area contributed by atoms with Crippen LogP contribution in [0, 0.1) is 13.8 Å². The second-order valence-corrected chi connectivity index (χ2v) is 8.90. The molecule has 1 N–H and O–H groups in total. The summed E-state index contributed by atoms with van der Waals surface area (Å²) >= 11 is 6.99. The van der Waals surface area contributed by atoms with Gasteiger partial charge in [0.2, 0.25) is 0 Å². The van der Waals surface area contributed by atoms with Gasteiger partial charge in [0.15, 0.2) is 5.13 Å². The van der Waals surface area contributed by atoms with Crippen molar-refractivity contribution < 1.29 is 24.2 Å². The van der Waals surface area contributed by atoms with Crippen LogP contribution in [0.3, 0.4) is 0 Å². The fourth-order valence-corrected chi connectivity index (χ4v) is 4.76. The minimum atomic E-state index is -0.959. The van der Waals surface area contributed by atoms with Crippen LogP contribution in [0.5, 0.6) is 0 Å². The molecule has 0 unspecified atom stereocenters. The van der Waals surface area contributed by atoms with Crippen LogP contribution in [0.15, 0.2) is 54.1 Å². The third kappa shape index (κ3) is 4.03. The van der Waals surface area contributed by atoms with Gasteiger partial charge in [-0.3, -0.25) is 14.5 Å². The lowest BCUT2D eigenvalue weighted by atomic mass is 9.95. The van der Waals surface area contributed by atoms with Crippen LogP contribution in [0.2, 0.25) is 5.02 Å². The quantitative estimate of drug-likeness (QED) is 0.248. The van der Waals surface area contributed by atoms with E-state index < -0.39 is 23.7 Å². The number of Topliss-reactive ketones (excluding diaryl/α,β-unsaturated/α-hetero) is 1. The topological polar surface area (TPSA) is 96.8 Å². The van der Waals surface area contributed by atoms with Gasteiger partial charge >= 0.3 is 11.9 Å². The number of aromatic nitrogens is 1. The van der Waals surface area contributed by atoms with E-state index >= 15 is 0 Å². The molecule has 2 heterocycles. The van der Waals surface area contributed by atoms with Crippen LogP contribution < -0.4 is 4.90 Å².